The maximum atomic E-state index is 13.3. The number of ether oxygens (including phenoxy) is 1. The minimum absolute atomic E-state index is 0.00335. The van der Waals surface area contributed by atoms with Crippen molar-refractivity contribution < 1.29 is 24.2 Å². The molecule has 4 rings (SSSR count). The number of aliphatic hydroxyl groups excluding tert-OH is 1. The summed E-state index contributed by atoms with van der Waals surface area (Å²) >= 11 is 0. The first kappa shape index (κ1) is 25.8. The lowest BCUT2D eigenvalue weighted by molar-refractivity contribution is -0.139. The van der Waals surface area contributed by atoms with E-state index in [1.165, 1.54) is 18.2 Å². The van der Waals surface area contributed by atoms with Crippen molar-refractivity contribution in [3.8, 4) is 5.69 Å². The fourth-order valence-electron chi connectivity index (χ4n) is 4.55. The number of rotatable bonds is 8. The summed E-state index contributed by atoms with van der Waals surface area (Å²) in [6, 6.07) is 15.1. The molecule has 0 spiro atoms. The fourth-order valence-corrected chi connectivity index (χ4v) is 4.55. The predicted octanol–water partition coefficient (Wildman–Crippen LogP) is 3.34. The smallest absolute Gasteiger partial charge is 0.337 e. The highest BCUT2D eigenvalue weighted by atomic mass is 16.5. The van der Waals surface area contributed by atoms with E-state index < -0.39 is 23.7 Å². The number of Topliss-reactive ketones (excluding diaryl/α,β-unsaturated/α-hetero) is 1. The van der Waals surface area contributed by atoms with E-state index in [2.05, 4.69) is 5.10 Å². The minimum Gasteiger partial charge on any atom is -0.507 e. The van der Waals surface area contributed by atoms with Crippen molar-refractivity contribution in [1.82, 2.24) is 19.6 Å². The van der Waals surface area contributed by atoms with Gasteiger partial charge in [-0.2, -0.15) is 5.10 Å². The molecule has 0 bridgehead atoms. The Bertz CT molecular complexity index is 1340. The fraction of sp³-hybridized carbons (Fsp3) is 0.286. The molecule has 1 atom stereocenters. The van der Waals surface area contributed by atoms with Crippen LogP contribution in [0, 0.1) is 6.92 Å². The molecule has 192 valence electrons. The Morgan fingerprint density at radius 3 is 2.38 bits per heavy atom. The summed E-state index contributed by atoms with van der Waals surface area (Å²) < 4.78 is 6.45. The van der Waals surface area contributed by atoms with Crippen molar-refractivity contribution in [2.24, 2.45) is 0 Å². The molecule has 1 N–H and O–H groups in total. The van der Waals surface area contributed by atoms with Crippen molar-refractivity contribution in [3.05, 3.63) is 88.8 Å². The number of amides is 1. The lowest BCUT2D eigenvalue weighted by Gasteiger charge is -2.26. The quantitative estimate of drug-likeness (QED) is 0.218. The van der Waals surface area contributed by atoms with E-state index in [4.69, 9.17) is 4.74 Å². The SMILES string of the molecule is COC(=O)c1ccc([C@@H]2/C(=C(\O)c3cnn(-c4ccccc4)c3C)C(=O)C(=O)N2CCCN(C)C)cc1. The highest BCUT2D eigenvalue weighted by molar-refractivity contribution is 6.46. The van der Waals surface area contributed by atoms with E-state index in [9.17, 15) is 19.5 Å². The minimum atomic E-state index is -0.812. The monoisotopic (exact) mass is 502 g/mol. The van der Waals surface area contributed by atoms with Crippen LogP contribution in [0.2, 0.25) is 0 Å². The highest BCUT2D eigenvalue weighted by Gasteiger charge is 2.46. The Balaban J connectivity index is 1.81. The number of esters is 1. The van der Waals surface area contributed by atoms with Gasteiger partial charge in [-0.15, -0.1) is 0 Å². The van der Waals surface area contributed by atoms with E-state index >= 15 is 0 Å². The topological polar surface area (TPSA) is 105 Å². The van der Waals surface area contributed by atoms with Gasteiger partial charge in [0.2, 0.25) is 0 Å². The van der Waals surface area contributed by atoms with Gasteiger partial charge < -0.3 is 19.6 Å². The van der Waals surface area contributed by atoms with Gasteiger partial charge >= 0.3 is 5.97 Å². The van der Waals surface area contributed by atoms with Gasteiger partial charge in [0.1, 0.15) is 5.76 Å². The molecule has 1 saturated heterocycles. The highest BCUT2D eigenvalue weighted by Crippen LogP contribution is 2.40. The second kappa shape index (κ2) is 10.8. The number of hydrogen-bond donors (Lipinski definition) is 1. The van der Waals surface area contributed by atoms with Crippen LogP contribution in [-0.2, 0) is 14.3 Å². The molecular formula is C28H30N4O5. The van der Waals surface area contributed by atoms with Gasteiger partial charge in [0.15, 0.2) is 0 Å². The second-order valence-electron chi connectivity index (χ2n) is 9.15. The van der Waals surface area contributed by atoms with Crippen LogP contribution < -0.4 is 0 Å². The van der Waals surface area contributed by atoms with Gasteiger partial charge in [-0.25, -0.2) is 9.48 Å². The van der Waals surface area contributed by atoms with Crippen LogP contribution in [0.15, 0.2) is 66.4 Å². The van der Waals surface area contributed by atoms with Gasteiger partial charge in [-0.3, -0.25) is 9.59 Å². The molecule has 1 aliphatic rings. The van der Waals surface area contributed by atoms with Gasteiger partial charge in [0, 0.05) is 6.54 Å². The van der Waals surface area contributed by atoms with Gasteiger partial charge in [0.25, 0.3) is 11.7 Å². The molecule has 0 aliphatic carbocycles. The number of para-hydroxylation sites is 1. The van der Waals surface area contributed by atoms with E-state index in [1.54, 1.807) is 35.9 Å². The molecule has 1 amide bonds. The molecule has 37 heavy (non-hydrogen) atoms. The van der Waals surface area contributed by atoms with Crippen LogP contribution in [0.5, 0.6) is 0 Å². The number of carbonyl (C=O) groups excluding carboxylic acids is 3. The van der Waals surface area contributed by atoms with Crippen LogP contribution in [0.4, 0.5) is 0 Å². The zero-order chi connectivity index (χ0) is 26.7. The Morgan fingerprint density at radius 2 is 1.76 bits per heavy atom. The number of hydrogen-bond acceptors (Lipinski definition) is 7. The number of ketones is 1. The van der Waals surface area contributed by atoms with E-state index in [-0.39, 0.29) is 11.3 Å². The Kier molecular flexibility index (Phi) is 7.54. The number of aliphatic hydroxyl groups is 1. The number of methoxy groups -OCH3 is 1. The average molecular weight is 503 g/mol. The normalized spacial score (nSPS) is 17.0. The van der Waals surface area contributed by atoms with Crippen LogP contribution in [0.25, 0.3) is 11.4 Å². The summed E-state index contributed by atoms with van der Waals surface area (Å²) in [4.78, 5) is 41.9. The Labute approximate surface area is 215 Å². The van der Waals surface area contributed by atoms with Crippen molar-refractivity contribution in [2.45, 2.75) is 19.4 Å². The van der Waals surface area contributed by atoms with Crippen molar-refractivity contribution in [3.63, 3.8) is 0 Å². The summed E-state index contributed by atoms with van der Waals surface area (Å²) in [5.41, 5.74) is 2.74. The van der Waals surface area contributed by atoms with Crippen molar-refractivity contribution in [1.29, 1.82) is 0 Å². The third-order valence-corrected chi connectivity index (χ3v) is 6.46. The van der Waals surface area contributed by atoms with Gasteiger partial charge in [-0.1, -0.05) is 30.3 Å². The standard InChI is InChI=1S/C28H30N4O5/c1-18-22(17-29-32(18)21-9-6-5-7-10-21)25(33)23-24(19-11-13-20(14-12-19)28(36)37-4)31(27(35)26(23)34)16-8-15-30(2)3/h5-7,9-14,17,24,33H,8,15-16H2,1-4H3/b25-23+/t24-/m1/s1. The summed E-state index contributed by atoms with van der Waals surface area (Å²) in [6.07, 6.45) is 2.14. The number of nitrogens with zero attached hydrogens (tertiary/aromatic N) is 4. The molecule has 9 nitrogen and oxygen atoms in total. The van der Waals surface area contributed by atoms with Crippen LogP contribution >= 0.6 is 0 Å². The van der Waals surface area contributed by atoms with Crippen LogP contribution in [0.3, 0.4) is 0 Å². The molecular weight excluding hydrogens is 472 g/mol. The average Bonchev–Trinajstić information content (AvgIpc) is 3.41. The zero-order valence-corrected chi connectivity index (χ0v) is 21.3. The summed E-state index contributed by atoms with van der Waals surface area (Å²) in [7, 11) is 5.17. The first-order chi connectivity index (χ1) is 17.7. The Morgan fingerprint density at radius 1 is 1.08 bits per heavy atom. The lowest BCUT2D eigenvalue weighted by atomic mass is 9.94. The molecule has 2 aromatic carbocycles. The summed E-state index contributed by atoms with van der Waals surface area (Å²) in [6.45, 7) is 2.84. The maximum Gasteiger partial charge on any atom is 0.337 e. The summed E-state index contributed by atoms with van der Waals surface area (Å²) in [5, 5.41) is 15.8. The first-order valence-electron chi connectivity index (χ1n) is 12.0. The van der Waals surface area contributed by atoms with Crippen molar-refractivity contribution in [2.75, 3.05) is 34.3 Å². The number of likely N-dealkylation sites (tertiary alicyclic amines) is 1. The third kappa shape index (κ3) is 5.03. The van der Waals surface area contributed by atoms with Gasteiger partial charge in [-0.05, 0) is 63.8 Å². The Hall–Kier alpha value is -4.24. The zero-order valence-electron chi connectivity index (χ0n) is 21.3. The van der Waals surface area contributed by atoms with Crippen LogP contribution in [-0.4, -0.2) is 76.6 Å². The first-order valence-corrected chi connectivity index (χ1v) is 12.0. The lowest BCUT2D eigenvalue weighted by Crippen LogP contribution is -2.32. The molecule has 0 saturated carbocycles. The van der Waals surface area contributed by atoms with E-state index in [0.717, 1.165) is 12.2 Å². The van der Waals surface area contributed by atoms with Crippen molar-refractivity contribution >= 4 is 23.4 Å². The summed E-state index contributed by atoms with van der Waals surface area (Å²) in [5.74, 6) is -2.20. The second-order valence-corrected chi connectivity index (χ2v) is 9.15. The predicted molar refractivity (Wildman–Crippen MR) is 138 cm³/mol. The molecule has 9 heteroatoms. The van der Waals surface area contributed by atoms with Gasteiger partial charge in [0.05, 0.1) is 47.4 Å². The molecule has 2 heterocycles. The number of carbonyl (C=O) groups is 3. The molecule has 0 radical (unpaired) electrons. The maximum absolute atomic E-state index is 13.3. The van der Waals surface area contributed by atoms with E-state index in [0.29, 0.717) is 35.3 Å². The molecule has 1 aromatic heterocycles. The molecule has 1 fully saturated rings. The number of benzene rings is 2. The third-order valence-electron chi connectivity index (χ3n) is 6.46. The molecule has 0 unspecified atom stereocenters. The van der Waals surface area contributed by atoms with E-state index in [1.807, 2.05) is 49.3 Å². The molecule has 3 aromatic rings. The number of aromatic nitrogens is 2. The largest absolute Gasteiger partial charge is 0.507 e. The van der Waals surface area contributed by atoms with Crippen LogP contribution in [0.1, 0.15) is 39.6 Å². The molecule has 1 aliphatic heterocycles.